The van der Waals surface area contributed by atoms with Crippen LogP contribution in [0.15, 0.2) is 168 Å². The largest absolute Gasteiger partial charge is 0.454 e. The van der Waals surface area contributed by atoms with Crippen LogP contribution in [0, 0.1) is 0 Å². The molecule has 0 saturated heterocycles. The molecule has 3 heteroatoms. The quantitative estimate of drug-likeness (QED) is 0.195. The lowest BCUT2D eigenvalue weighted by Crippen LogP contribution is -2.12. The van der Waals surface area contributed by atoms with Crippen LogP contribution in [0.4, 0.5) is 17.1 Å². The molecular weight excluding hydrogens is 591 g/mol. The summed E-state index contributed by atoms with van der Waals surface area (Å²) in [5.41, 5.74) is 7.34. The second kappa shape index (κ2) is 10.3. The average Bonchev–Trinajstić information content (AvgIpc) is 3.72. The van der Waals surface area contributed by atoms with Crippen molar-refractivity contribution in [3.8, 4) is 11.1 Å². The summed E-state index contributed by atoms with van der Waals surface area (Å²) in [6, 6.07) is 58.8. The number of rotatable bonds is 4. The van der Waals surface area contributed by atoms with Crippen LogP contribution in [0.2, 0.25) is 0 Å². The van der Waals surface area contributed by atoms with Gasteiger partial charge in [-0.3, -0.25) is 0 Å². The molecule has 0 spiro atoms. The standard InChI is InChI=1S/C44H27NOS/c1-2-13-28(14-3-1)30-16-8-10-22-37(30)45(38-23-12-21-35-33-19-9-11-24-40(33)46-43(35)38)39-27-41-42(34-20-7-6-18-32(34)39)36-26-25-29-15-4-5-17-31(29)44(36)47-41/h1-27H. The monoisotopic (exact) mass is 617 g/mol. The molecule has 0 radical (unpaired) electrons. The molecule has 220 valence electrons. The van der Waals surface area contributed by atoms with Gasteiger partial charge < -0.3 is 9.32 Å². The molecule has 8 aromatic carbocycles. The summed E-state index contributed by atoms with van der Waals surface area (Å²) in [4.78, 5) is 2.43. The second-order valence-electron chi connectivity index (χ2n) is 12.1. The molecule has 0 aliphatic heterocycles. The SMILES string of the molecule is c1ccc(-c2ccccc2N(c2cc3sc4c5ccccc5ccc4c3c3ccccc23)c2cccc3c2oc2ccccc23)cc1. The number of nitrogens with zero attached hydrogens (tertiary/aromatic N) is 1. The van der Waals surface area contributed by atoms with Crippen LogP contribution in [0.1, 0.15) is 0 Å². The molecule has 0 amide bonds. The van der Waals surface area contributed by atoms with Gasteiger partial charge in [-0.2, -0.15) is 0 Å². The number of hydrogen-bond acceptors (Lipinski definition) is 3. The number of furan rings is 1. The Morgan fingerprint density at radius 3 is 2.02 bits per heavy atom. The third-order valence-corrected chi connectivity index (χ3v) is 10.6. The van der Waals surface area contributed by atoms with Crippen molar-refractivity contribution in [2.75, 3.05) is 4.90 Å². The van der Waals surface area contributed by atoms with Gasteiger partial charge in [-0.25, -0.2) is 0 Å². The van der Waals surface area contributed by atoms with E-state index in [1.165, 1.54) is 47.3 Å². The molecule has 0 saturated carbocycles. The van der Waals surface area contributed by atoms with Gasteiger partial charge in [0.2, 0.25) is 0 Å². The Labute approximate surface area is 275 Å². The highest BCUT2D eigenvalue weighted by Crippen LogP contribution is 2.50. The van der Waals surface area contributed by atoms with Gasteiger partial charge in [-0.05, 0) is 46.0 Å². The Morgan fingerprint density at radius 2 is 1.13 bits per heavy atom. The molecule has 0 aliphatic carbocycles. The first-order chi connectivity index (χ1) is 23.3. The maximum atomic E-state index is 6.71. The molecule has 0 atom stereocenters. The van der Waals surface area contributed by atoms with Gasteiger partial charge in [-0.15, -0.1) is 11.3 Å². The highest BCUT2D eigenvalue weighted by molar-refractivity contribution is 7.27. The van der Waals surface area contributed by atoms with Gasteiger partial charge in [0, 0.05) is 41.9 Å². The smallest absolute Gasteiger partial charge is 0.159 e. The van der Waals surface area contributed by atoms with E-state index in [-0.39, 0.29) is 0 Å². The van der Waals surface area contributed by atoms with Gasteiger partial charge in [0.25, 0.3) is 0 Å². The summed E-state index contributed by atoms with van der Waals surface area (Å²) >= 11 is 1.89. The minimum atomic E-state index is 0.878. The zero-order valence-corrected chi connectivity index (χ0v) is 26.2. The normalized spacial score (nSPS) is 11.8. The number of fused-ring (bicyclic) bond motifs is 10. The van der Waals surface area contributed by atoms with Crippen LogP contribution < -0.4 is 4.90 Å². The maximum Gasteiger partial charge on any atom is 0.159 e. The first-order valence-corrected chi connectivity index (χ1v) is 16.8. The molecule has 0 bridgehead atoms. The molecule has 2 aromatic heterocycles. The van der Waals surface area contributed by atoms with Crippen LogP contribution in [0.25, 0.3) is 74.8 Å². The van der Waals surface area contributed by atoms with Gasteiger partial charge in [0.1, 0.15) is 5.58 Å². The summed E-state index contributed by atoms with van der Waals surface area (Å²) in [5.74, 6) is 0. The molecular formula is C44H27NOS. The minimum Gasteiger partial charge on any atom is -0.454 e. The van der Waals surface area contributed by atoms with Crippen molar-refractivity contribution in [1.82, 2.24) is 0 Å². The van der Waals surface area contributed by atoms with Crippen LogP contribution in [0.5, 0.6) is 0 Å². The van der Waals surface area contributed by atoms with E-state index in [1.54, 1.807) is 0 Å². The van der Waals surface area contributed by atoms with E-state index in [0.717, 1.165) is 44.6 Å². The first-order valence-electron chi connectivity index (χ1n) is 15.9. The Morgan fingerprint density at radius 1 is 0.447 bits per heavy atom. The maximum absolute atomic E-state index is 6.71. The fraction of sp³-hybridized carbons (Fsp3) is 0. The molecule has 0 aliphatic rings. The summed E-state index contributed by atoms with van der Waals surface area (Å²) in [6.45, 7) is 0. The molecule has 2 nitrogen and oxygen atoms in total. The average molecular weight is 618 g/mol. The minimum absolute atomic E-state index is 0.878. The lowest BCUT2D eigenvalue weighted by molar-refractivity contribution is 0.669. The van der Waals surface area contributed by atoms with E-state index < -0.39 is 0 Å². The van der Waals surface area contributed by atoms with Crippen molar-refractivity contribution in [3.63, 3.8) is 0 Å². The number of anilines is 3. The summed E-state index contributed by atoms with van der Waals surface area (Å²) in [5, 5.41) is 9.87. The second-order valence-corrected chi connectivity index (χ2v) is 13.1. The molecule has 0 N–H and O–H groups in total. The summed E-state index contributed by atoms with van der Waals surface area (Å²) in [6.07, 6.45) is 0. The highest BCUT2D eigenvalue weighted by atomic mass is 32.1. The van der Waals surface area contributed by atoms with Crippen LogP contribution >= 0.6 is 11.3 Å². The van der Waals surface area contributed by atoms with Crippen LogP contribution in [-0.2, 0) is 0 Å². The lowest BCUT2D eigenvalue weighted by Gasteiger charge is -2.29. The van der Waals surface area contributed by atoms with E-state index in [2.05, 4.69) is 163 Å². The first kappa shape index (κ1) is 26.3. The van der Waals surface area contributed by atoms with Crippen molar-refractivity contribution in [1.29, 1.82) is 0 Å². The van der Waals surface area contributed by atoms with E-state index in [1.807, 2.05) is 17.4 Å². The third-order valence-electron chi connectivity index (χ3n) is 9.44. The van der Waals surface area contributed by atoms with Crippen molar-refractivity contribution in [2.45, 2.75) is 0 Å². The zero-order chi connectivity index (χ0) is 30.9. The van der Waals surface area contributed by atoms with E-state index in [9.17, 15) is 0 Å². The fourth-order valence-electron chi connectivity index (χ4n) is 7.36. The van der Waals surface area contributed by atoms with Crippen molar-refractivity contribution < 1.29 is 4.42 Å². The Hall–Kier alpha value is -5.90. The van der Waals surface area contributed by atoms with E-state index >= 15 is 0 Å². The number of para-hydroxylation sites is 3. The van der Waals surface area contributed by atoms with Crippen molar-refractivity contribution >= 4 is 92.1 Å². The Bertz CT molecular complexity index is 2810. The molecule has 10 rings (SSSR count). The third kappa shape index (κ3) is 3.97. The molecule has 10 aromatic rings. The fourth-order valence-corrected chi connectivity index (χ4v) is 8.65. The predicted octanol–water partition coefficient (Wildman–Crippen LogP) is 13.4. The van der Waals surface area contributed by atoms with E-state index in [0.29, 0.717) is 0 Å². The van der Waals surface area contributed by atoms with Gasteiger partial charge in [0.05, 0.1) is 17.1 Å². The zero-order valence-electron chi connectivity index (χ0n) is 25.4. The van der Waals surface area contributed by atoms with Gasteiger partial charge >= 0.3 is 0 Å². The predicted molar refractivity (Wildman–Crippen MR) is 202 cm³/mol. The van der Waals surface area contributed by atoms with Gasteiger partial charge in [0.15, 0.2) is 5.58 Å². The summed E-state index contributed by atoms with van der Waals surface area (Å²) in [7, 11) is 0. The Kier molecular flexibility index (Phi) is 5.78. The van der Waals surface area contributed by atoms with Crippen molar-refractivity contribution in [3.05, 3.63) is 164 Å². The molecule has 2 heterocycles. The topological polar surface area (TPSA) is 16.4 Å². The van der Waals surface area contributed by atoms with Crippen LogP contribution in [-0.4, -0.2) is 0 Å². The Balaban J connectivity index is 1.35. The highest BCUT2D eigenvalue weighted by Gasteiger charge is 2.25. The van der Waals surface area contributed by atoms with E-state index in [4.69, 9.17) is 4.42 Å². The molecule has 47 heavy (non-hydrogen) atoms. The molecule has 0 unspecified atom stereocenters. The van der Waals surface area contributed by atoms with Gasteiger partial charge in [-0.1, -0.05) is 140 Å². The number of benzene rings is 8. The molecule has 0 fully saturated rings. The number of hydrogen-bond donors (Lipinski definition) is 0. The summed E-state index contributed by atoms with van der Waals surface area (Å²) < 4.78 is 9.31. The number of thiophene rings is 1. The van der Waals surface area contributed by atoms with Crippen LogP contribution in [0.3, 0.4) is 0 Å². The lowest BCUT2D eigenvalue weighted by atomic mass is 9.98. The van der Waals surface area contributed by atoms with Crippen molar-refractivity contribution in [2.24, 2.45) is 0 Å².